The molecule has 0 aromatic carbocycles. The molecule has 3 rings (SSSR count). The number of anilines is 1. The lowest BCUT2D eigenvalue weighted by Crippen LogP contribution is -2.48. The maximum absolute atomic E-state index is 12.1. The standard InChI is InChI=1S/C25H37NO3S/c1-25(2,3)14-13-20-16-22(23(30-20)24(28)29)26-17-18(8-7-15-27)11-12-21(26)19-9-5-4-6-10-19/h16,18-19,21,27H,4-12,15,17H2,1-3H3,(H,28,29). The highest BCUT2D eigenvalue weighted by molar-refractivity contribution is 7.15. The molecule has 1 saturated heterocycles. The van der Waals surface area contributed by atoms with Crippen LogP contribution in [0.5, 0.6) is 0 Å². The molecule has 2 fully saturated rings. The molecule has 1 aromatic rings. The third kappa shape index (κ3) is 6.02. The van der Waals surface area contributed by atoms with Crippen molar-refractivity contribution in [2.24, 2.45) is 17.3 Å². The Hall–Kier alpha value is -1.51. The summed E-state index contributed by atoms with van der Waals surface area (Å²) in [4.78, 5) is 15.8. The molecular weight excluding hydrogens is 394 g/mol. The zero-order valence-electron chi connectivity index (χ0n) is 18.7. The van der Waals surface area contributed by atoms with Crippen LogP contribution in [0.1, 0.15) is 93.1 Å². The minimum absolute atomic E-state index is 0.112. The van der Waals surface area contributed by atoms with Gasteiger partial charge in [0, 0.05) is 24.6 Å². The van der Waals surface area contributed by atoms with Crippen molar-refractivity contribution in [3.63, 3.8) is 0 Å². The van der Waals surface area contributed by atoms with Crippen molar-refractivity contribution < 1.29 is 15.0 Å². The Labute approximate surface area is 185 Å². The molecule has 5 heteroatoms. The number of carboxylic acids is 1. The number of rotatable bonds is 6. The molecule has 0 radical (unpaired) electrons. The van der Waals surface area contributed by atoms with E-state index in [0.717, 1.165) is 36.4 Å². The number of carboxylic acid groups (broad SMARTS) is 1. The van der Waals surface area contributed by atoms with E-state index in [-0.39, 0.29) is 12.0 Å². The molecule has 2 atom stereocenters. The maximum Gasteiger partial charge on any atom is 0.348 e. The molecule has 0 spiro atoms. The van der Waals surface area contributed by atoms with Gasteiger partial charge >= 0.3 is 5.97 Å². The van der Waals surface area contributed by atoms with Gasteiger partial charge in [0.15, 0.2) is 0 Å². The van der Waals surface area contributed by atoms with Gasteiger partial charge in [-0.05, 0) is 77.2 Å². The number of aliphatic hydroxyl groups is 1. The number of hydrogen-bond donors (Lipinski definition) is 2. The fraction of sp³-hybridized carbons (Fsp3) is 0.720. The summed E-state index contributed by atoms with van der Waals surface area (Å²) in [6.07, 6.45) is 10.6. The Morgan fingerprint density at radius 3 is 2.57 bits per heavy atom. The molecule has 1 aliphatic carbocycles. The topological polar surface area (TPSA) is 60.8 Å². The largest absolute Gasteiger partial charge is 0.477 e. The summed E-state index contributed by atoms with van der Waals surface area (Å²) in [5, 5.41) is 19.2. The predicted molar refractivity (Wildman–Crippen MR) is 124 cm³/mol. The quantitative estimate of drug-likeness (QED) is 0.560. The first-order valence-corrected chi connectivity index (χ1v) is 12.4. The molecule has 2 heterocycles. The normalized spacial score (nSPS) is 23.1. The van der Waals surface area contributed by atoms with Gasteiger partial charge < -0.3 is 15.1 Å². The molecule has 4 nitrogen and oxygen atoms in total. The van der Waals surface area contributed by atoms with Gasteiger partial charge in [0.25, 0.3) is 0 Å². The monoisotopic (exact) mass is 431 g/mol. The summed E-state index contributed by atoms with van der Waals surface area (Å²) in [7, 11) is 0. The Kier molecular flexibility index (Phi) is 7.87. The van der Waals surface area contributed by atoms with Gasteiger partial charge in [-0.15, -0.1) is 11.3 Å². The van der Waals surface area contributed by atoms with Gasteiger partial charge in [-0.25, -0.2) is 4.79 Å². The van der Waals surface area contributed by atoms with Crippen molar-refractivity contribution in [3.8, 4) is 11.8 Å². The molecule has 166 valence electrons. The molecule has 0 amide bonds. The van der Waals surface area contributed by atoms with Crippen molar-refractivity contribution in [1.82, 2.24) is 0 Å². The molecule has 1 aliphatic heterocycles. The van der Waals surface area contributed by atoms with Crippen LogP contribution in [0.15, 0.2) is 6.07 Å². The van der Waals surface area contributed by atoms with E-state index in [1.54, 1.807) is 0 Å². The summed E-state index contributed by atoms with van der Waals surface area (Å²) in [6.45, 7) is 7.34. The Morgan fingerprint density at radius 2 is 1.93 bits per heavy atom. The fourth-order valence-electron chi connectivity index (χ4n) is 5.03. The number of piperidine rings is 1. The third-order valence-electron chi connectivity index (χ3n) is 6.47. The van der Waals surface area contributed by atoms with Gasteiger partial charge in [-0.1, -0.05) is 31.1 Å². The molecule has 2 unspecified atom stereocenters. The molecule has 30 heavy (non-hydrogen) atoms. The van der Waals surface area contributed by atoms with Crippen molar-refractivity contribution in [1.29, 1.82) is 0 Å². The van der Waals surface area contributed by atoms with Gasteiger partial charge in [-0.3, -0.25) is 0 Å². The molecule has 2 aliphatic rings. The average molecular weight is 432 g/mol. The second-order valence-electron chi connectivity index (χ2n) is 10.1. The van der Waals surface area contributed by atoms with E-state index in [4.69, 9.17) is 0 Å². The van der Waals surface area contributed by atoms with E-state index in [1.165, 1.54) is 49.9 Å². The lowest BCUT2D eigenvalue weighted by molar-refractivity contribution is 0.0702. The molecule has 2 N–H and O–H groups in total. The highest BCUT2D eigenvalue weighted by atomic mass is 32.1. The van der Waals surface area contributed by atoms with Crippen LogP contribution in [0.3, 0.4) is 0 Å². The van der Waals surface area contributed by atoms with Crippen LogP contribution in [-0.4, -0.2) is 35.4 Å². The minimum atomic E-state index is -0.848. The average Bonchev–Trinajstić information content (AvgIpc) is 3.15. The van der Waals surface area contributed by atoms with Crippen LogP contribution >= 0.6 is 11.3 Å². The number of carbonyl (C=O) groups is 1. The van der Waals surface area contributed by atoms with Gasteiger partial charge in [-0.2, -0.15) is 0 Å². The Morgan fingerprint density at radius 1 is 1.20 bits per heavy atom. The predicted octanol–water partition coefficient (Wildman–Crippen LogP) is 5.78. The van der Waals surface area contributed by atoms with Crippen molar-refractivity contribution in [3.05, 3.63) is 15.8 Å². The highest BCUT2D eigenvalue weighted by Gasteiger charge is 2.36. The first kappa shape index (κ1) is 23.2. The van der Waals surface area contributed by atoms with Crippen molar-refractivity contribution >= 4 is 23.0 Å². The van der Waals surface area contributed by atoms with Gasteiger partial charge in [0.2, 0.25) is 0 Å². The van der Waals surface area contributed by atoms with Crippen LogP contribution < -0.4 is 4.90 Å². The summed E-state index contributed by atoms with van der Waals surface area (Å²) < 4.78 is 0. The number of aliphatic hydroxyl groups excluding tert-OH is 1. The zero-order valence-corrected chi connectivity index (χ0v) is 19.6. The van der Waals surface area contributed by atoms with Crippen LogP contribution in [0, 0.1) is 29.1 Å². The second-order valence-corrected chi connectivity index (χ2v) is 11.1. The maximum atomic E-state index is 12.1. The summed E-state index contributed by atoms with van der Waals surface area (Å²) >= 11 is 1.31. The SMILES string of the molecule is CC(C)(C)C#Cc1cc(N2CC(CCCO)CCC2C2CCCCC2)c(C(=O)O)s1. The van der Waals surface area contributed by atoms with Gasteiger partial charge in [0.1, 0.15) is 4.88 Å². The molecular formula is C25H37NO3S. The van der Waals surface area contributed by atoms with Crippen molar-refractivity contribution in [2.75, 3.05) is 18.1 Å². The third-order valence-corrected chi connectivity index (χ3v) is 7.49. The van der Waals surface area contributed by atoms with E-state index in [2.05, 4.69) is 37.5 Å². The van der Waals surface area contributed by atoms with E-state index in [9.17, 15) is 15.0 Å². The Balaban J connectivity index is 1.94. The van der Waals surface area contributed by atoms with E-state index < -0.39 is 5.97 Å². The van der Waals surface area contributed by atoms with E-state index >= 15 is 0 Å². The van der Waals surface area contributed by atoms with Crippen molar-refractivity contribution in [2.45, 2.75) is 84.6 Å². The number of hydrogen-bond acceptors (Lipinski definition) is 4. The summed E-state index contributed by atoms with van der Waals surface area (Å²) in [6, 6.07) is 2.45. The number of nitrogens with zero attached hydrogens (tertiary/aromatic N) is 1. The van der Waals surface area contributed by atoms with Crippen LogP contribution in [-0.2, 0) is 0 Å². The van der Waals surface area contributed by atoms with E-state index in [0.29, 0.717) is 22.8 Å². The number of aromatic carboxylic acids is 1. The zero-order chi connectivity index (χ0) is 21.7. The molecule has 1 saturated carbocycles. The van der Waals surface area contributed by atoms with Crippen LogP contribution in [0.25, 0.3) is 0 Å². The summed E-state index contributed by atoms with van der Waals surface area (Å²) in [5.74, 6) is 6.80. The van der Waals surface area contributed by atoms with Crippen LogP contribution in [0.2, 0.25) is 0 Å². The molecule has 1 aromatic heterocycles. The van der Waals surface area contributed by atoms with E-state index in [1.807, 2.05) is 6.07 Å². The highest BCUT2D eigenvalue weighted by Crippen LogP contribution is 2.41. The summed E-state index contributed by atoms with van der Waals surface area (Å²) in [5.41, 5.74) is 0.758. The lowest BCUT2D eigenvalue weighted by atomic mass is 9.77. The fourth-order valence-corrected chi connectivity index (χ4v) is 5.89. The number of thiophene rings is 1. The first-order valence-electron chi connectivity index (χ1n) is 11.6. The first-order chi connectivity index (χ1) is 14.3. The lowest BCUT2D eigenvalue weighted by Gasteiger charge is -2.46. The molecule has 0 bridgehead atoms. The second kappa shape index (κ2) is 10.2. The van der Waals surface area contributed by atoms with Gasteiger partial charge in [0.05, 0.1) is 10.6 Å². The Bertz CT molecular complexity index is 777. The smallest absolute Gasteiger partial charge is 0.348 e. The van der Waals surface area contributed by atoms with Crippen LogP contribution in [0.4, 0.5) is 5.69 Å². The minimum Gasteiger partial charge on any atom is -0.477 e.